The second kappa shape index (κ2) is 6.57. The second-order valence-electron chi connectivity index (χ2n) is 4.75. The van der Waals surface area contributed by atoms with E-state index in [2.05, 4.69) is 33.1 Å². The second-order valence-corrected chi connectivity index (χ2v) is 5.53. The Hall–Kier alpha value is -0.320. The Morgan fingerprint density at radius 3 is 3.00 bits per heavy atom. The lowest BCUT2D eigenvalue weighted by atomic mass is 9.99. The minimum Gasteiger partial charge on any atom is -0.453 e. The van der Waals surface area contributed by atoms with Crippen LogP contribution in [0.1, 0.15) is 25.5 Å². The van der Waals surface area contributed by atoms with Crippen molar-refractivity contribution in [1.29, 1.82) is 0 Å². The van der Waals surface area contributed by atoms with Crippen LogP contribution in [0.2, 0.25) is 0 Å². The van der Waals surface area contributed by atoms with Crippen LogP contribution in [-0.4, -0.2) is 31.1 Å². The van der Waals surface area contributed by atoms with Crippen LogP contribution in [0.3, 0.4) is 0 Å². The first-order valence-corrected chi connectivity index (χ1v) is 7.24. The van der Waals surface area contributed by atoms with E-state index in [4.69, 9.17) is 4.42 Å². The van der Waals surface area contributed by atoms with Gasteiger partial charge in [-0.1, -0.05) is 6.92 Å². The van der Waals surface area contributed by atoms with Crippen LogP contribution in [0.25, 0.3) is 0 Å². The molecule has 0 spiro atoms. The Kier molecular flexibility index (Phi) is 5.07. The first-order chi connectivity index (χ1) is 8.28. The molecular formula is C13H21BrN2O. The van der Waals surface area contributed by atoms with Gasteiger partial charge >= 0.3 is 0 Å². The molecule has 2 heterocycles. The number of nitrogens with zero attached hydrogens (tertiary/aromatic N) is 1. The van der Waals surface area contributed by atoms with E-state index in [9.17, 15) is 0 Å². The zero-order valence-corrected chi connectivity index (χ0v) is 12.0. The molecule has 0 amide bonds. The van der Waals surface area contributed by atoms with Crippen LogP contribution in [-0.2, 0) is 6.54 Å². The van der Waals surface area contributed by atoms with Crippen LogP contribution in [0.15, 0.2) is 21.2 Å². The van der Waals surface area contributed by atoms with E-state index in [0.29, 0.717) is 0 Å². The molecule has 1 aromatic heterocycles. The van der Waals surface area contributed by atoms with Gasteiger partial charge in [-0.25, -0.2) is 0 Å². The maximum absolute atomic E-state index is 5.56. The lowest BCUT2D eigenvalue weighted by Crippen LogP contribution is -2.38. The molecule has 1 aliphatic rings. The number of furan rings is 1. The van der Waals surface area contributed by atoms with E-state index in [1.807, 2.05) is 12.1 Å². The summed E-state index contributed by atoms with van der Waals surface area (Å²) in [6, 6.07) is 4.01. The van der Waals surface area contributed by atoms with E-state index < -0.39 is 0 Å². The summed E-state index contributed by atoms with van der Waals surface area (Å²) in [6.45, 7) is 7.73. The largest absolute Gasteiger partial charge is 0.453 e. The van der Waals surface area contributed by atoms with Crippen molar-refractivity contribution < 1.29 is 4.42 Å². The van der Waals surface area contributed by atoms with Gasteiger partial charge in [0.15, 0.2) is 4.67 Å². The highest BCUT2D eigenvalue weighted by Crippen LogP contribution is 2.17. The van der Waals surface area contributed by atoms with Crippen molar-refractivity contribution in [2.24, 2.45) is 5.92 Å². The molecule has 1 unspecified atom stereocenters. The molecule has 96 valence electrons. The SMILES string of the molecule is CCN(Cc1ccc(Br)o1)CC1CCCNC1. The normalized spacial score (nSPS) is 21.0. The first kappa shape index (κ1) is 13.1. The Balaban J connectivity index is 1.83. The highest BCUT2D eigenvalue weighted by molar-refractivity contribution is 9.10. The van der Waals surface area contributed by atoms with E-state index >= 15 is 0 Å². The van der Waals surface area contributed by atoms with E-state index in [1.54, 1.807) is 0 Å². The highest BCUT2D eigenvalue weighted by Gasteiger charge is 2.17. The van der Waals surface area contributed by atoms with Crippen molar-refractivity contribution in [3.8, 4) is 0 Å². The molecule has 1 saturated heterocycles. The lowest BCUT2D eigenvalue weighted by molar-refractivity contribution is 0.196. The Morgan fingerprint density at radius 2 is 2.41 bits per heavy atom. The fraction of sp³-hybridized carbons (Fsp3) is 0.692. The average molecular weight is 301 g/mol. The van der Waals surface area contributed by atoms with Crippen molar-refractivity contribution in [2.45, 2.75) is 26.3 Å². The van der Waals surface area contributed by atoms with Gasteiger partial charge in [-0.2, -0.15) is 0 Å². The van der Waals surface area contributed by atoms with Gasteiger partial charge in [0, 0.05) is 6.54 Å². The molecule has 3 nitrogen and oxygen atoms in total. The van der Waals surface area contributed by atoms with Gasteiger partial charge in [-0.05, 0) is 66.5 Å². The van der Waals surface area contributed by atoms with Crippen LogP contribution in [0.4, 0.5) is 0 Å². The Morgan fingerprint density at radius 1 is 1.53 bits per heavy atom. The van der Waals surface area contributed by atoms with Crippen LogP contribution in [0.5, 0.6) is 0 Å². The quantitative estimate of drug-likeness (QED) is 0.906. The number of hydrogen-bond donors (Lipinski definition) is 1. The standard InChI is InChI=1S/C13H21BrN2O/c1-2-16(9-11-4-3-7-15-8-11)10-12-5-6-13(14)17-12/h5-6,11,15H,2-4,7-10H2,1H3. The summed E-state index contributed by atoms with van der Waals surface area (Å²) in [5.74, 6) is 1.84. The van der Waals surface area contributed by atoms with Gasteiger partial charge in [0.2, 0.25) is 0 Å². The molecule has 4 heteroatoms. The van der Waals surface area contributed by atoms with Gasteiger partial charge < -0.3 is 9.73 Å². The summed E-state index contributed by atoms with van der Waals surface area (Å²) in [6.07, 6.45) is 2.67. The molecule has 0 saturated carbocycles. The Bertz CT molecular complexity index is 334. The predicted molar refractivity (Wildman–Crippen MR) is 73.0 cm³/mol. The third-order valence-electron chi connectivity index (χ3n) is 3.37. The topological polar surface area (TPSA) is 28.4 Å². The van der Waals surface area contributed by atoms with Crippen molar-refractivity contribution in [1.82, 2.24) is 10.2 Å². The van der Waals surface area contributed by atoms with Gasteiger partial charge in [-0.15, -0.1) is 0 Å². The number of piperidine rings is 1. The Labute approximate surface area is 112 Å². The zero-order valence-electron chi connectivity index (χ0n) is 10.4. The predicted octanol–water partition coefficient (Wildman–Crippen LogP) is 2.86. The highest BCUT2D eigenvalue weighted by atomic mass is 79.9. The minimum atomic E-state index is 0.794. The third-order valence-corrected chi connectivity index (χ3v) is 3.80. The third kappa shape index (κ3) is 4.12. The van der Waals surface area contributed by atoms with Crippen LogP contribution in [0, 0.1) is 5.92 Å². The van der Waals surface area contributed by atoms with Gasteiger partial charge in [0.05, 0.1) is 6.54 Å². The molecule has 1 N–H and O–H groups in total. The van der Waals surface area contributed by atoms with Gasteiger partial charge in [0.1, 0.15) is 5.76 Å². The fourth-order valence-corrected chi connectivity index (χ4v) is 2.75. The molecule has 1 fully saturated rings. The van der Waals surface area contributed by atoms with Gasteiger partial charge in [-0.3, -0.25) is 4.90 Å². The molecule has 1 aromatic rings. The molecule has 17 heavy (non-hydrogen) atoms. The molecular weight excluding hydrogens is 280 g/mol. The number of rotatable bonds is 5. The van der Waals surface area contributed by atoms with Crippen molar-refractivity contribution in [2.75, 3.05) is 26.2 Å². The molecule has 2 rings (SSSR count). The number of halogens is 1. The summed E-state index contributed by atoms with van der Waals surface area (Å²) in [7, 11) is 0. The fourth-order valence-electron chi connectivity index (χ4n) is 2.41. The van der Waals surface area contributed by atoms with E-state index in [1.165, 1.54) is 32.5 Å². The van der Waals surface area contributed by atoms with Gasteiger partial charge in [0.25, 0.3) is 0 Å². The minimum absolute atomic E-state index is 0.794. The summed E-state index contributed by atoms with van der Waals surface area (Å²) in [5.41, 5.74) is 0. The monoisotopic (exact) mass is 300 g/mol. The first-order valence-electron chi connectivity index (χ1n) is 6.45. The molecule has 1 aliphatic heterocycles. The maximum atomic E-state index is 5.56. The molecule has 1 atom stereocenters. The van der Waals surface area contributed by atoms with E-state index in [-0.39, 0.29) is 0 Å². The number of nitrogens with one attached hydrogen (secondary N) is 1. The average Bonchev–Trinajstić information content (AvgIpc) is 2.75. The molecule has 0 bridgehead atoms. The van der Waals surface area contributed by atoms with Crippen molar-refractivity contribution in [3.63, 3.8) is 0 Å². The van der Waals surface area contributed by atoms with Crippen LogP contribution < -0.4 is 5.32 Å². The summed E-state index contributed by atoms with van der Waals surface area (Å²) < 4.78 is 6.39. The molecule has 0 aliphatic carbocycles. The van der Waals surface area contributed by atoms with Crippen molar-refractivity contribution in [3.05, 3.63) is 22.6 Å². The molecule has 0 aromatic carbocycles. The lowest BCUT2D eigenvalue weighted by Gasteiger charge is -2.28. The summed E-state index contributed by atoms with van der Waals surface area (Å²) >= 11 is 3.35. The smallest absolute Gasteiger partial charge is 0.169 e. The van der Waals surface area contributed by atoms with E-state index in [0.717, 1.165) is 29.4 Å². The molecule has 0 radical (unpaired) electrons. The number of hydrogen-bond acceptors (Lipinski definition) is 3. The van der Waals surface area contributed by atoms with Crippen molar-refractivity contribution >= 4 is 15.9 Å². The summed E-state index contributed by atoms with van der Waals surface area (Å²) in [5, 5.41) is 3.47. The van der Waals surface area contributed by atoms with Crippen LogP contribution >= 0.6 is 15.9 Å². The maximum Gasteiger partial charge on any atom is 0.169 e. The zero-order chi connectivity index (χ0) is 12.1. The summed E-state index contributed by atoms with van der Waals surface area (Å²) in [4.78, 5) is 2.46.